The zero-order valence-corrected chi connectivity index (χ0v) is 35.1. The topological polar surface area (TPSA) is 0 Å². The molecule has 0 nitrogen and oxygen atoms in total. The van der Waals surface area contributed by atoms with E-state index >= 15 is 0 Å². The van der Waals surface area contributed by atoms with Crippen LogP contribution in [0, 0.1) is 40.4 Å². The van der Waals surface area contributed by atoms with E-state index in [2.05, 4.69) is 150 Å². The summed E-state index contributed by atoms with van der Waals surface area (Å²) in [5, 5.41) is 0.463. The van der Waals surface area contributed by atoms with E-state index < -0.39 is 0 Å². The molecule has 0 heterocycles. The van der Waals surface area contributed by atoms with Crippen molar-refractivity contribution in [3.8, 4) is 0 Å². The van der Waals surface area contributed by atoms with Crippen LogP contribution < -0.4 is 0 Å². The average molecular weight is 645 g/mol. The van der Waals surface area contributed by atoms with Crippen molar-refractivity contribution in [2.45, 2.75) is 149 Å². The summed E-state index contributed by atoms with van der Waals surface area (Å²) in [5.41, 5.74) is 7.12. The van der Waals surface area contributed by atoms with Gasteiger partial charge in [0.2, 0.25) is 0 Å². The van der Waals surface area contributed by atoms with E-state index in [4.69, 9.17) is 0 Å². The molecular formula is C44H84S. The standard InChI is InChI=1S/C12H22.C10H16S.C9H18.C5H12.2C4H8/c1-7-10-11(12(10,5)6)9(4)8(2)3;1-6-7-11-10(5)9(4)8(2)3;1-6-8(4)9(5)7(2)3;1-5(2,3)4;1-4(2)3;1-3-4-2/h9-11H,2,7H2,1,3-6H3;6,10H,1-2,4,7H2,3,5H3;8-9H,2,6H2,1,3-5H3;1-4H3;1H2,2-3H3;3H,1,4H2,2H3. The van der Waals surface area contributed by atoms with Crippen molar-refractivity contribution in [1.82, 2.24) is 0 Å². The molecule has 6 unspecified atom stereocenters. The molecule has 0 radical (unpaired) electrons. The van der Waals surface area contributed by atoms with Crippen molar-refractivity contribution in [1.29, 1.82) is 0 Å². The predicted molar refractivity (Wildman–Crippen MR) is 221 cm³/mol. The summed E-state index contributed by atoms with van der Waals surface area (Å²) in [4.78, 5) is 0. The molecule has 0 spiro atoms. The lowest BCUT2D eigenvalue weighted by molar-refractivity contribution is 0.428. The van der Waals surface area contributed by atoms with Gasteiger partial charge in [0.15, 0.2) is 0 Å². The van der Waals surface area contributed by atoms with E-state index in [0.717, 1.165) is 41.1 Å². The van der Waals surface area contributed by atoms with Crippen LogP contribution in [-0.2, 0) is 0 Å². The van der Waals surface area contributed by atoms with Gasteiger partial charge < -0.3 is 0 Å². The monoisotopic (exact) mass is 645 g/mol. The molecule has 1 saturated carbocycles. The summed E-state index contributed by atoms with van der Waals surface area (Å²) in [7, 11) is 0. The summed E-state index contributed by atoms with van der Waals surface area (Å²) < 4.78 is 0. The molecule has 266 valence electrons. The summed E-state index contributed by atoms with van der Waals surface area (Å²) in [6.45, 7) is 65.8. The Labute approximate surface area is 292 Å². The first kappa shape index (κ1) is 53.0. The lowest BCUT2D eigenvalue weighted by Gasteiger charge is -2.17. The van der Waals surface area contributed by atoms with Crippen molar-refractivity contribution >= 4 is 11.8 Å². The first-order valence-electron chi connectivity index (χ1n) is 17.4. The fraction of sp³-hybridized carbons (Fsp3) is 0.682. The Morgan fingerprint density at radius 3 is 1.33 bits per heavy atom. The van der Waals surface area contributed by atoms with E-state index in [0.29, 0.717) is 27.9 Å². The summed E-state index contributed by atoms with van der Waals surface area (Å²) in [6.07, 6.45) is 7.45. The van der Waals surface area contributed by atoms with Crippen LogP contribution in [0.4, 0.5) is 0 Å². The number of hydrogen-bond donors (Lipinski definition) is 0. The van der Waals surface area contributed by atoms with E-state index in [1.807, 2.05) is 44.7 Å². The molecule has 0 aromatic heterocycles. The highest BCUT2D eigenvalue weighted by Crippen LogP contribution is 2.64. The predicted octanol–water partition coefficient (Wildman–Crippen LogP) is 15.8. The van der Waals surface area contributed by atoms with Gasteiger partial charge in [0.1, 0.15) is 0 Å². The van der Waals surface area contributed by atoms with Crippen LogP contribution >= 0.6 is 11.8 Å². The van der Waals surface area contributed by atoms with Crippen LogP contribution in [0.25, 0.3) is 0 Å². The minimum Gasteiger partial charge on any atom is -0.150 e. The Morgan fingerprint density at radius 2 is 1.16 bits per heavy atom. The number of hydrogen-bond acceptors (Lipinski definition) is 1. The summed E-state index contributed by atoms with van der Waals surface area (Å²) >= 11 is 1.83. The molecule has 1 rings (SSSR count). The molecule has 0 aliphatic heterocycles. The minimum atomic E-state index is 0.463. The van der Waals surface area contributed by atoms with Crippen molar-refractivity contribution < 1.29 is 0 Å². The Balaban J connectivity index is -0.000000150. The fourth-order valence-corrected chi connectivity index (χ4v) is 5.19. The first-order valence-corrected chi connectivity index (χ1v) is 18.4. The van der Waals surface area contributed by atoms with Crippen LogP contribution in [0.5, 0.6) is 0 Å². The molecule has 0 saturated heterocycles. The molecule has 1 aliphatic carbocycles. The van der Waals surface area contributed by atoms with Gasteiger partial charge in [-0.3, -0.25) is 0 Å². The SMILES string of the molecule is C=C(C)C.C=C(C)C(C)C(C)CC.C=C(C)C(C)C1C(CC)C1(C)C.C=CCC.C=CCSC(C)C(=C)C(=C)C.CC(C)(C)C. The molecule has 6 atom stereocenters. The van der Waals surface area contributed by atoms with Crippen molar-refractivity contribution in [2.75, 3.05) is 5.75 Å². The van der Waals surface area contributed by atoms with Gasteiger partial charge >= 0.3 is 0 Å². The summed E-state index contributed by atoms with van der Waals surface area (Å²) in [6, 6.07) is 0. The molecule has 0 amide bonds. The second-order valence-corrected chi connectivity index (χ2v) is 16.9. The van der Waals surface area contributed by atoms with Crippen molar-refractivity contribution in [3.05, 3.63) is 86.1 Å². The van der Waals surface area contributed by atoms with Gasteiger partial charge in [-0.2, -0.15) is 0 Å². The van der Waals surface area contributed by atoms with Crippen molar-refractivity contribution in [3.63, 3.8) is 0 Å². The van der Waals surface area contributed by atoms with Gasteiger partial charge in [0, 0.05) is 11.0 Å². The Hall–Kier alpha value is -1.47. The normalized spacial score (nSPS) is 18.0. The zero-order chi connectivity index (χ0) is 37.3. The Bertz CT molecular complexity index is 833. The molecule has 45 heavy (non-hydrogen) atoms. The number of allylic oxidation sites excluding steroid dienone is 5. The van der Waals surface area contributed by atoms with Gasteiger partial charge in [-0.1, -0.05) is 157 Å². The maximum atomic E-state index is 4.05. The second kappa shape index (κ2) is 28.7. The molecule has 1 heteroatoms. The fourth-order valence-electron chi connectivity index (χ4n) is 4.37. The van der Waals surface area contributed by atoms with E-state index in [1.165, 1.54) is 29.6 Å². The third-order valence-corrected chi connectivity index (χ3v) is 9.17. The van der Waals surface area contributed by atoms with Gasteiger partial charge in [0.05, 0.1) is 0 Å². The third-order valence-electron chi connectivity index (χ3n) is 7.96. The molecule has 1 fully saturated rings. The lowest BCUT2D eigenvalue weighted by Crippen LogP contribution is -2.06. The summed E-state index contributed by atoms with van der Waals surface area (Å²) in [5.74, 6) is 5.00. The highest BCUT2D eigenvalue weighted by molar-refractivity contribution is 8.00. The quantitative estimate of drug-likeness (QED) is 0.150. The first-order chi connectivity index (χ1) is 20.3. The Morgan fingerprint density at radius 1 is 0.778 bits per heavy atom. The molecule has 0 N–H and O–H groups in total. The van der Waals surface area contributed by atoms with Crippen LogP contribution in [0.1, 0.15) is 144 Å². The molecular weight excluding hydrogens is 561 g/mol. The maximum absolute atomic E-state index is 4.05. The van der Waals surface area contributed by atoms with Gasteiger partial charge in [-0.15, -0.1) is 31.5 Å². The third kappa shape index (κ3) is 33.7. The van der Waals surface area contributed by atoms with E-state index in [1.54, 1.807) is 0 Å². The molecule has 0 bridgehead atoms. The van der Waals surface area contributed by atoms with E-state index in [9.17, 15) is 0 Å². The van der Waals surface area contributed by atoms with Gasteiger partial charge in [-0.25, -0.2) is 0 Å². The van der Waals surface area contributed by atoms with Crippen LogP contribution in [-0.4, -0.2) is 11.0 Å². The second-order valence-electron chi connectivity index (χ2n) is 15.5. The molecule has 0 aromatic rings. The smallest absolute Gasteiger partial charge is 0.0268 e. The maximum Gasteiger partial charge on any atom is 0.0268 e. The Kier molecular flexibility index (Phi) is 33.9. The van der Waals surface area contributed by atoms with Crippen LogP contribution in [0.3, 0.4) is 0 Å². The highest BCUT2D eigenvalue weighted by Gasteiger charge is 2.58. The van der Waals surface area contributed by atoms with Crippen molar-refractivity contribution in [2.24, 2.45) is 40.4 Å². The highest BCUT2D eigenvalue weighted by atomic mass is 32.2. The van der Waals surface area contributed by atoms with Crippen LogP contribution in [0.15, 0.2) is 86.1 Å². The van der Waals surface area contributed by atoms with E-state index in [-0.39, 0.29) is 0 Å². The molecule has 0 aromatic carbocycles. The average Bonchev–Trinajstić information content (AvgIpc) is 3.48. The minimum absolute atomic E-state index is 0.463. The molecule has 1 aliphatic rings. The van der Waals surface area contributed by atoms with Crippen LogP contribution in [0.2, 0.25) is 0 Å². The lowest BCUT2D eigenvalue weighted by atomic mass is 9.89. The number of thioether (sulfide) groups is 1. The van der Waals surface area contributed by atoms with Gasteiger partial charge in [0.25, 0.3) is 0 Å². The zero-order valence-electron chi connectivity index (χ0n) is 34.3. The number of rotatable bonds is 12. The largest absolute Gasteiger partial charge is 0.150 e. The van der Waals surface area contributed by atoms with Gasteiger partial charge in [-0.05, 0) is 94.0 Å².